The van der Waals surface area contributed by atoms with E-state index in [9.17, 15) is 4.79 Å². The van der Waals surface area contributed by atoms with E-state index in [0.717, 1.165) is 10.2 Å². The highest BCUT2D eigenvalue weighted by Gasteiger charge is 2.52. The van der Waals surface area contributed by atoms with Gasteiger partial charge in [0.2, 0.25) is 0 Å². The molecule has 1 aliphatic heterocycles. The second kappa shape index (κ2) is 4.94. The van der Waals surface area contributed by atoms with Gasteiger partial charge in [0.1, 0.15) is 0 Å². The third kappa shape index (κ3) is 2.47. The number of amides is 1. The molecule has 0 atom stereocenters. The Kier molecular flexibility index (Phi) is 3.43. The third-order valence-corrected chi connectivity index (χ3v) is 5.11. The quantitative estimate of drug-likeness (QED) is 0.832. The molecule has 1 aliphatic rings. The van der Waals surface area contributed by atoms with Crippen LogP contribution < -0.4 is 10.8 Å². The highest BCUT2D eigenvalue weighted by molar-refractivity contribution is 7.22. The smallest absolute Gasteiger partial charge is 0.465 e. The number of carboxylic acid groups (broad SMARTS) is 1. The van der Waals surface area contributed by atoms with Crippen LogP contribution in [0.15, 0.2) is 18.2 Å². The minimum Gasteiger partial charge on any atom is -0.465 e. The fraction of sp³-hybridized carbons (Fsp3) is 0.429. The van der Waals surface area contributed by atoms with Gasteiger partial charge in [0.15, 0.2) is 5.13 Å². The SMILES string of the molecule is CC1(C)OB(c2cccc3sc(NC(=O)O)nc23)OC1(C)C. The highest BCUT2D eigenvalue weighted by atomic mass is 32.1. The molecule has 1 amide bonds. The molecule has 0 aliphatic carbocycles. The van der Waals surface area contributed by atoms with E-state index in [1.54, 1.807) is 0 Å². The first kappa shape index (κ1) is 15.3. The van der Waals surface area contributed by atoms with Crippen molar-refractivity contribution >= 4 is 45.4 Å². The summed E-state index contributed by atoms with van der Waals surface area (Å²) >= 11 is 1.28. The fourth-order valence-corrected chi connectivity index (χ4v) is 3.17. The number of para-hydroxylation sites is 1. The summed E-state index contributed by atoms with van der Waals surface area (Å²) in [6.07, 6.45) is -1.13. The zero-order valence-corrected chi connectivity index (χ0v) is 13.7. The first-order valence-electron chi connectivity index (χ1n) is 6.95. The molecule has 22 heavy (non-hydrogen) atoms. The molecule has 0 unspecified atom stereocenters. The summed E-state index contributed by atoms with van der Waals surface area (Å²) in [5.41, 5.74) is 0.649. The monoisotopic (exact) mass is 320 g/mol. The Morgan fingerprint density at radius 1 is 1.27 bits per heavy atom. The molecule has 1 aromatic heterocycles. The standard InChI is InChI=1S/C14H17BN2O4S/c1-13(2)14(3,4)21-15(20-13)8-6-5-7-9-10(8)16-11(22-9)17-12(18)19/h5-7H,1-4H3,(H,16,17)(H,18,19). The Morgan fingerprint density at radius 2 is 1.91 bits per heavy atom. The van der Waals surface area contributed by atoms with Crippen LogP contribution >= 0.6 is 11.3 Å². The van der Waals surface area contributed by atoms with E-state index in [4.69, 9.17) is 14.4 Å². The zero-order valence-electron chi connectivity index (χ0n) is 12.8. The first-order chi connectivity index (χ1) is 10.2. The number of nitrogens with zero attached hydrogens (tertiary/aromatic N) is 1. The maximum absolute atomic E-state index is 10.8. The van der Waals surface area contributed by atoms with Gasteiger partial charge >= 0.3 is 13.2 Å². The van der Waals surface area contributed by atoms with Crippen LogP contribution in [0.5, 0.6) is 0 Å². The third-order valence-electron chi connectivity index (χ3n) is 4.17. The lowest BCUT2D eigenvalue weighted by atomic mass is 9.78. The number of carbonyl (C=O) groups is 1. The molecule has 1 saturated heterocycles. The van der Waals surface area contributed by atoms with Crippen LogP contribution in [0.3, 0.4) is 0 Å². The van der Waals surface area contributed by atoms with Crippen LogP contribution in [0, 0.1) is 0 Å². The van der Waals surface area contributed by atoms with E-state index in [0.29, 0.717) is 10.6 Å². The molecule has 0 saturated carbocycles. The van der Waals surface area contributed by atoms with Gasteiger partial charge in [-0.3, -0.25) is 5.32 Å². The van der Waals surface area contributed by atoms with Crippen molar-refractivity contribution in [2.45, 2.75) is 38.9 Å². The average Bonchev–Trinajstić information content (AvgIpc) is 2.86. The van der Waals surface area contributed by atoms with Crippen molar-refractivity contribution in [2.75, 3.05) is 5.32 Å². The lowest BCUT2D eigenvalue weighted by Gasteiger charge is -2.32. The molecule has 1 aromatic carbocycles. The highest BCUT2D eigenvalue weighted by Crippen LogP contribution is 2.37. The molecule has 2 N–H and O–H groups in total. The predicted molar refractivity (Wildman–Crippen MR) is 87.0 cm³/mol. The lowest BCUT2D eigenvalue weighted by molar-refractivity contribution is 0.00578. The van der Waals surface area contributed by atoms with Crippen LogP contribution in [0.4, 0.5) is 9.93 Å². The van der Waals surface area contributed by atoms with Gasteiger partial charge < -0.3 is 14.4 Å². The minimum atomic E-state index is -1.13. The van der Waals surface area contributed by atoms with Crippen molar-refractivity contribution in [1.29, 1.82) is 0 Å². The van der Waals surface area contributed by atoms with Crippen molar-refractivity contribution in [2.24, 2.45) is 0 Å². The van der Waals surface area contributed by atoms with Gasteiger partial charge in [0.25, 0.3) is 0 Å². The Hall–Kier alpha value is -1.64. The number of aromatic nitrogens is 1. The van der Waals surface area contributed by atoms with Crippen molar-refractivity contribution < 1.29 is 19.2 Å². The molecule has 116 valence electrons. The average molecular weight is 320 g/mol. The maximum Gasteiger partial charge on any atom is 0.497 e. The van der Waals surface area contributed by atoms with Crippen molar-refractivity contribution in [3.63, 3.8) is 0 Å². The summed E-state index contributed by atoms with van der Waals surface area (Å²) in [6.45, 7) is 7.97. The Morgan fingerprint density at radius 3 is 2.50 bits per heavy atom. The molecule has 6 nitrogen and oxygen atoms in total. The van der Waals surface area contributed by atoms with Crippen molar-refractivity contribution in [3.05, 3.63) is 18.2 Å². The molecule has 2 heterocycles. The Balaban J connectivity index is 2.01. The number of rotatable bonds is 2. The maximum atomic E-state index is 10.8. The Labute approximate surface area is 132 Å². The van der Waals surface area contributed by atoms with E-state index in [1.165, 1.54) is 11.3 Å². The molecule has 8 heteroatoms. The second-order valence-corrected chi connectivity index (χ2v) is 7.26. The van der Waals surface area contributed by atoms with Crippen molar-refractivity contribution in [1.82, 2.24) is 4.98 Å². The van der Waals surface area contributed by atoms with Gasteiger partial charge in [0, 0.05) is 5.46 Å². The van der Waals surface area contributed by atoms with Crippen molar-refractivity contribution in [3.8, 4) is 0 Å². The number of nitrogens with one attached hydrogen (secondary N) is 1. The largest absolute Gasteiger partial charge is 0.497 e. The second-order valence-electron chi connectivity index (χ2n) is 6.23. The van der Waals surface area contributed by atoms with E-state index >= 15 is 0 Å². The molecule has 0 spiro atoms. The number of hydrogen-bond acceptors (Lipinski definition) is 5. The van der Waals surface area contributed by atoms with E-state index in [2.05, 4.69) is 10.3 Å². The molecular formula is C14H17BN2O4S. The van der Waals surface area contributed by atoms with Gasteiger partial charge in [-0.1, -0.05) is 23.5 Å². The van der Waals surface area contributed by atoms with Crippen LogP contribution in [-0.2, 0) is 9.31 Å². The van der Waals surface area contributed by atoms with E-state index in [-0.39, 0.29) is 0 Å². The molecule has 1 fully saturated rings. The molecule has 0 radical (unpaired) electrons. The number of fused-ring (bicyclic) bond motifs is 1. The molecule has 2 aromatic rings. The van der Waals surface area contributed by atoms with Gasteiger partial charge in [-0.05, 0) is 33.8 Å². The minimum absolute atomic E-state index is 0.339. The fourth-order valence-electron chi connectivity index (χ4n) is 2.27. The summed E-state index contributed by atoms with van der Waals surface area (Å²) in [5.74, 6) is 0. The normalized spacial score (nSPS) is 19.5. The van der Waals surface area contributed by atoms with Crippen LogP contribution in [0.1, 0.15) is 27.7 Å². The van der Waals surface area contributed by atoms with Gasteiger partial charge in [-0.2, -0.15) is 0 Å². The Bertz CT molecular complexity index is 728. The summed E-state index contributed by atoms with van der Waals surface area (Å²) in [5, 5.41) is 11.4. The zero-order chi connectivity index (χ0) is 16.1. The summed E-state index contributed by atoms with van der Waals surface area (Å²) in [6, 6.07) is 5.69. The van der Waals surface area contributed by atoms with E-state index < -0.39 is 24.4 Å². The van der Waals surface area contributed by atoms with Gasteiger partial charge in [0.05, 0.1) is 21.4 Å². The number of thiazole rings is 1. The van der Waals surface area contributed by atoms with Crippen LogP contribution in [0.25, 0.3) is 10.2 Å². The lowest BCUT2D eigenvalue weighted by Crippen LogP contribution is -2.41. The number of benzene rings is 1. The number of anilines is 1. The topological polar surface area (TPSA) is 80.7 Å². The van der Waals surface area contributed by atoms with Gasteiger partial charge in [-0.15, -0.1) is 0 Å². The van der Waals surface area contributed by atoms with Crippen LogP contribution in [0.2, 0.25) is 0 Å². The molecule has 0 bridgehead atoms. The predicted octanol–water partition coefficient (Wildman–Crippen LogP) is 2.69. The first-order valence-corrected chi connectivity index (χ1v) is 7.76. The summed E-state index contributed by atoms with van der Waals surface area (Å²) in [4.78, 5) is 15.1. The van der Waals surface area contributed by atoms with Crippen LogP contribution in [-0.4, -0.2) is 34.5 Å². The van der Waals surface area contributed by atoms with Gasteiger partial charge in [-0.25, -0.2) is 9.78 Å². The van der Waals surface area contributed by atoms with E-state index in [1.807, 2.05) is 45.9 Å². The summed E-state index contributed by atoms with van der Waals surface area (Å²) < 4.78 is 13.0. The number of hydrogen-bond donors (Lipinski definition) is 2. The summed E-state index contributed by atoms with van der Waals surface area (Å²) in [7, 11) is -0.520. The molecule has 3 rings (SSSR count). The molecular weight excluding hydrogens is 303 g/mol.